The van der Waals surface area contributed by atoms with E-state index in [0.717, 1.165) is 12.0 Å². The molecule has 0 saturated carbocycles. The van der Waals surface area contributed by atoms with E-state index in [1.165, 1.54) is 21.3 Å². The fraction of sp³-hybridized carbons (Fsp3) is 0.464. The quantitative estimate of drug-likeness (QED) is 0.331. The first-order chi connectivity index (χ1) is 18.5. The van der Waals surface area contributed by atoms with E-state index in [9.17, 15) is 22.8 Å². The molecule has 1 fully saturated rings. The Kier molecular flexibility index (Phi) is 10.5. The molecule has 39 heavy (non-hydrogen) atoms. The number of hydrogen-bond acceptors (Lipinski definition) is 7. The Morgan fingerprint density at radius 1 is 1.08 bits per heavy atom. The average molecular weight is 560 g/mol. The molecule has 10 nitrogen and oxygen atoms in total. The standard InChI is InChI=1S/C28H37N3O7S/c1-5-6-18-37-27(33)24(19-21-11-13-22(14-12-21)38-28(34)30(3)4)29-26(32)25-8-7-17-31(25)39(35,36)23-15-9-20(2)10-16-23/h9-16,24-25H,5-8,17-19H2,1-4H3,(H,29,32)/t24-,25-/m0/s1. The number of nitrogens with zero attached hydrogens (tertiary/aromatic N) is 2. The lowest BCUT2D eigenvalue weighted by Crippen LogP contribution is -2.51. The maximum Gasteiger partial charge on any atom is 0.414 e. The van der Waals surface area contributed by atoms with Gasteiger partial charge >= 0.3 is 12.1 Å². The summed E-state index contributed by atoms with van der Waals surface area (Å²) in [6.45, 7) is 4.28. The van der Waals surface area contributed by atoms with Crippen LogP contribution in [0.2, 0.25) is 0 Å². The highest BCUT2D eigenvalue weighted by molar-refractivity contribution is 7.89. The summed E-state index contributed by atoms with van der Waals surface area (Å²) in [6.07, 6.45) is 2.00. The van der Waals surface area contributed by atoms with Gasteiger partial charge in [0.1, 0.15) is 17.8 Å². The van der Waals surface area contributed by atoms with Crippen molar-refractivity contribution in [3.05, 3.63) is 59.7 Å². The van der Waals surface area contributed by atoms with Crippen LogP contribution in [0.4, 0.5) is 4.79 Å². The second kappa shape index (κ2) is 13.6. The summed E-state index contributed by atoms with van der Waals surface area (Å²) in [4.78, 5) is 39.5. The molecule has 3 rings (SSSR count). The molecule has 2 aromatic rings. The highest BCUT2D eigenvalue weighted by Gasteiger charge is 2.40. The van der Waals surface area contributed by atoms with Crippen molar-refractivity contribution in [2.45, 2.75) is 62.9 Å². The molecule has 11 heteroatoms. The largest absolute Gasteiger partial charge is 0.464 e. The number of hydrogen-bond donors (Lipinski definition) is 1. The van der Waals surface area contributed by atoms with Gasteiger partial charge in [0.25, 0.3) is 0 Å². The van der Waals surface area contributed by atoms with Gasteiger partial charge in [-0.05, 0) is 56.0 Å². The molecule has 1 aliphatic rings. The first-order valence-corrected chi connectivity index (χ1v) is 14.5. The summed E-state index contributed by atoms with van der Waals surface area (Å²) >= 11 is 0. The molecule has 2 amide bonds. The van der Waals surface area contributed by atoms with Gasteiger partial charge in [-0.3, -0.25) is 4.79 Å². The van der Waals surface area contributed by atoms with E-state index >= 15 is 0 Å². The minimum absolute atomic E-state index is 0.121. The lowest BCUT2D eigenvalue weighted by atomic mass is 10.0. The van der Waals surface area contributed by atoms with Gasteiger partial charge in [0.05, 0.1) is 11.5 Å². The Morgan fingerprint density at radius 3 is 2.36 bits per heavy atom. The summed E-state index contributed by atoms with van der Waals surface area (Å²) in [5.74, 6) is -0.797. The van der Waals surface area contributed by atoms with Crippen molar-refractivity contribution in [1.82, 2.24) is 14.5 Å². The van der Waals surface area contributed by atoms with E-state index in [2.05, 4.69) is 5.32 Å². The monoisotopic (exact) mass is 559 g/mol. The normalized spacial score (nSPS) is 16.4. The third-order valence-corrected chi connectivity index (χ3v) is 8.33. The van der Waals surface area contributed by atoms with E-state index < -0.39 is 40.1 Å². The first-order valence-electron chi connectivity index (χ1n) is 13.1. The van der Waals surface area contributed by atoms with E-state index in [-0.39, 0.29) is 24.5 Å². The number of unbranched alkanes of at least 4 members (excludes halogenated alkanes) is 1. The number of carbonyl (C=O) groups is 3. The van der Waals surface area contributed by atoms with Crippen LogP contribution in [0.15, 0.2) is 53.4 Å². The molecule has 1 aliphatic heterocycles. The Bertz CT molecular complexity index is 1240. The van der Waals surface area contributed by atoms with Crippen LogP contribution in [-0.4, -0.2) is 74.9 Å². The van der Waals surface area contributed by atoms with Crippen LogP contribution in [0.5, 0.6) is 5.75 Å². The van der Waals surface area contributed by atoms with Crippen LogP contribution in [-0.2, 0) is 30.8 Å². The van der Waals surface area contributed by atoms with E-state index in [1.54, 1.807) is 50.5 Å². The van der Waals surface area contributed by atoms with Crippen molar-refractivity contribution >= 4 is 28.0 Å². The average Bonchev–Trinajstić information content (AvgIpc) is 3.41. The molecule has 212 valence electrons. The highest BCUT2D eigenvalue weighted by Crippen LogP contribution is 2.27. The summed E-state index contributed by atoms with van der Waals surface area (Å²) in [5.41, 5.74) is 1.63. The molecule has 1 saturated heterocycles. The molecule has 2 aromatic carbocycles. The van der Waals surface area contributed by atoms with E-state index in [0.29, 0.717) is 30.6 Å². The SMILES string of the molecule is CCCCOC(=O)[C@H](Cc1ccc(OC(=O)N(C)C)cc1)NC(=O)[C@@H]1CCCN1S(=O)(=O)c1ccc(C)cc1. The summed E-state index contributed by atoms with van der Waals surface area (Å²) in [6, 6.07) is 11.1. The summed E-state index contributed by atoms with van der Waals surface area (Å²) < 4.78 is 38.5. The fourth-order valence-corrected chi connectivity index (χ4v) is 5.79. The zero-order valence-electron chi connectivity index (χ0n) is 22.9. The third kappa shape index (κ3) is 8.03. The van der Waals surface area contributed by atoms with Crippen LogP contribution in [0.3, 0.4) is 0 Å². The van der Waals surface area contributed by atoms with Gasteiger partial charge in [0.2, 0.25) is 15.9 Å². The number of benzene rings is 2. The summed E-state index contributed by atoms with van der Waals surface area (Å²) in [5, 5.41) is 2.75. The Morgan fingerprint density at radius 2 is 1.74 bits per heavy atom. The van der Waals surface area contributed by atoms with Gasteiger partial charge in [-0.2, -0.15) is 4.31 Å². The van der Waals surface area contributed by atoms with Gasteiger partial charge < -0.3 is 19.7 Å². The first kappa shape index (κ1) is 30.1. The van der Waals surface area contributed by atoms with Crippen molar-refractivity contribution < 1.29 is 32.3 Å². The van der Waals surface area contributed by atoms with Crippen molar-refractivity contribution in [2.24, 2.45) is 0 Å². The van der Waals surface area contributed by atoms with Gasteiger partial charge in [0.15, 0.2) is 0 Å². The van der Waals surface area contributed by atoms with Gasteiger partial charge in [0, 0.05) is 27.1 Å². The Hall–Kier alpha value is -3.44. The van der Waals surface area contributed by atoms with Crippen molar-refractivity contribution in [3.8, 4) is 5.75 Å². The van der Waals surface area contributed by atoms with Gasteiger partial charge in [-0.1, -0.05) is 43.2 Å². The lowest BCUT2D eigenvalue weighted by Gasteiger charge is -2.26. The number of rotatable bonds is 11. The number of amides is 2. The van der Waals surface area contributed by atoms with Gasteiger partial charge in [-0.25, -0.2) is 18.0 Å². The molecule has 1 heterocycles. The summed E-state index contributed by atoms with van der Waals surface area (Å²) in [7, 11) is -0.742. The predicted molar refractivity (Wildman–Crippen MR) is 146 cm³/mol. The molecule has 0 spiro atoms. The van der Waals surface area contributed by atoms with Crippen molar-refractivity contribution in [1.29, 1.82) is 0 Å². The molecule has 0 bridgehead atoms. The fourth-order valence-electron chi connectivity index (χ4n) is 4.14. The molecule has 0 radical (unpaired) electrons. The molecule has 0 aliphatic carbocycles. The van der Waals surface area contributed by atoms with E-state index in [4.69, 9.17) is 9.47 Å². The lowest BCUT2D eigenvalue weighted by molar-refractivity contribution is -0.148. The molecule has 0 unspecified atom stereocenters. The predicted octanol–water partition coefficient (Wildman–Crippen LogP) is 3.28. The van der Waals surface area contributed by atoms with Crippen LogP contribution >= 0.6 is 0 Å². The molecular formula is C28H37N3O7S. The minimum Gasteiger partial charge on any atom is -0.464 e. The Balaban J connectivity index is 1.76. The topological polar surface area (TPSA) is 122 Å². The Labute approximate surface area is 230 Å². The number of aryl methyl sites for hydroxylation is 1. The van der Waals surface area contributed by atoms with Crippen LogP contribution < -0.4 is 10.1 Å². The zero-order chi connectivity index (χ0) is 28.6. The third-order valence-electron chi connectivity index (χ3n) is 6.41. The number of ether oxygens (including phenoxy) is 2. The zero-order valence-corrected chi connectivity index (χ0v) is 23.7. The van der Waals surface area contributed by atoms with Crippen LogP contribution in [0.1, 0.15) is 43.7 Å². The number of esters is 1. The van der Waals surface area contributed by atoms with Crippen LogP contribution in [0, 0.1) is 6.92 Å². The highest BCUT2D eigenvalue weighted by atomic mass is 32.2. The smallest absolute Gasteiger partial charge is 0.414 e. The second-order valence-corrected chi connectivity index (χ2v) is 11.7. The van der Waals surface area contributed by atoms with Crippen LogP contribution in [0.25, 0.3) is 0 Å². The van der Waals surface area contributed by atoms with E-state index in [1.807, 2.05) is 13.8 Å². The molecule has 2 atom stereocenters. The van der Waals surface area contributed by atoms with Crippen molar-refractivity contribution in [2.75, 3.05) is 27.2 Å². The second-order valence-electron chi connectivity index (χ2n) is 9.78. The number of carbonyl (C=O) groups excluding carboxylic acids is 3. The molecule has 1 N–H and O–H groups in total. The minimum atomic E-state index is -3.89. The van der Waals surface area contributed by atoms with Gasteiger partial charge in [-0.15, -0.1) is 0 Å². The maximum absolute atomic E-state index is 13.4. The molecule has 0 aromatic heterocycles. The maximum atomic E-state index is 13.4. The van der Waals surface area contributed by atoms with Crippen molar-refractivity contribution in [3.63, 3.8) is 0 Å². The number of nitrogens with one attached hydrogen (secondary N) is 1. The molecular weight excluding hydrogens is 522 g/mol. The number of sulfonamides is 1.